The number of hydrogen-bond donors (Lipinski definition) is 0. The summed E-state index contributed by atoms with van der Waals surface area (Å²) in [6, 6.07) is 8.85. The Morgan fingerprint density at radius 1 is 0.531 bits per heavy atom. The van der Waals surface area contributed by atoms with E-state index in [2.05, 4.69) is 0 Å². The summed E-state index contributed by atoms with van der Waals surface area (Å²) in [5.74, 6) is 0.358. The summed E-state index contributed by atoms with van der Waals surface area (Å²) >= 11 is 36.7. The second kappa shape index (κ2) is 10.1. The van der Waals surface area contributed by atoms with E-state index in [1.54, 1.807) is 39.0 Å². The van der Waals surface area contributed by atoms with Crippen LogP contribution in [-0.2, 0) is 4.57 Å². The van der Waals surface area contributed by atoms with Gasteiger partial charge in [0.25, 0.3) is 0 Å². The molecule has 0 amide bonds. The minimum Gasteiger partial charge on any atom is -0.386 e. The molecule has 0 aliphatic rings. The van der Waals surface area contributed by atoms with Crippen LogP contribution in [0.2, 0.25) is 30.1 Å². The topological polar surface area (TPSA) is 44.8 Å². The molecule has 0 N–H and O–H groups in total. The molecular formula is C21H15Cl6O4P. The van der Waals surface area contributed by atoms with Crippen molar-refractivity contribution in [2.75, 3.05) is 0 Å². The monoisotopic (exact) mass is 572 g/mol. The van der Waals surface area contributed by atoms with Crippen molar-refractivity contribution >= 4 is 77.4 Å². The van der Waals surface area contributed by atoms with Gasteiger partial charge in [-0.25, -0.2) is 0 Å². The number of phosphoric ester groups is 1. The summed E-state index contributed by atoms with van der Waals surface area (Å²) < 4.78 is 30.7. The first kappa shape index (κ1) is 25.6. The predicted octanol–water partition coefficient (Wildman–Crippen LogP) is 10.2. The third-order valence-corrected chi connectivity index (χ3v) is 8.20. The molecule has 3 aromatic rings. The van der Waals surface area contributed by atoms with Gasteiger partial charge in [-0.3, -0.25) is 0 Å². The van der Waals surface area contributed by atoms with Crippen molar-refractivity contribution in [3.05, 3.63) is 83.2 Å². The maximum atomic E-state index is 13.7. The summed E-state index contributed by atoms with van der Waals surface area (Å²) in [4.78, 5) is 0. The molecule has 3 rings (SSSR count). The van der Waals surface area contributed by atoms with Gasteiger partial charge in [-0.2, -0.15) is 4.57 Å². The molecule has 0 radical (unpaired) electrons. The Morgan fingerprint density at radius 2 is 0.781 bits per heavy atom. The van der Waals surface area contributed by atoms with E-state index in [9.17, 15) is 4.57 Å². The van der Waals surface area contributed by atoms with Gasteiger partial charge >= 0.3 is 7.82 Å². The standard InChI is InChI=1S/C21H15Cl6O4P/c1-10-4-13(7-16(22)19(10)25)29-32(28,30-14-5-11(2)20(26)17(23)8-14)31-15-6-12(3)21(27)18(24)9-15/h4-9H,1-3H3. The van der Waals surface area contributed by atoms with E-state index < -0.39 is 7.82 Å². The first-order valence-electron chi connectivity index (χ1n) is 8.94. The summed E-state index contributed by atoms with van der Waals surface area (Å²) in [7, 11) is -4.35. The lowest BCUT2D eigenvalue weighted by Crippen LogP contribution is -2.08. The molecule has 4 nitrogen and oxygen atoms in total. The maximum Gasteiger partial charge on any atom is 0.647 e. The molecule has 0 aromatic heterocycles. The van der Waals surface area contributed by atoms with Gasteiger partial charge in [0.15, 0.2) is 0 Å². The van der Waals surface area contributed by atoms with Gasteiger partial charge in [-0.1, -0.05) is 69.6 Å². The highest BCUT2D eigenvalue weighted by Gasteiger charge is 2.34. The molecule has 0 spiro atoms. The van der Waals surface area contributed by atoms with Gasteiger partial charge in [-0.15, -0.1) is 0 Å². The first-order valence-corrected chi connectivity index (χ1v) is 12.7. The highest BCUT2D eigenvalue weighted by molar-refractivity contribution is 7.49. The van der Waals surface area contributed by atoms with Crippen molar-refractivity contribution in [3.63, 3.8) is 0 Å². The molecule has 0 atom stereocenters. The highest BCUT2D eigenvalue weighted by atomic mass is 35.5. The van der Waals surface area contributed by atoms with Gasteiger partial charge < -0.3 is 13.6 Å². The van der Waals surface area contributed by atoms with E-state index in [1.807, 2.05) is 0 Å². The molecule has 3 aromatic carbocycles. The fourth-order valence-electron chi connectivity index (χ4n) is 2.69. The lowest BCUT2D eigenvalue weighted by atomic mass is 10.2. The van der Waals surface area contributed by atoms with Crippen molar-refractivity contribution in [1.82, 2.24) is 0 Å². The molecular weight excluding hydrogens is 560 g/mol. The van der Waals surface area contributed by atoms with Crippen molar-refractivity contribution in [2.24, 2.45) is 0 Å². The number of rotatable bonds is 6. The largest absolute Gasteiger partial charge is 0.647 e. The zero-order valence-corrected chi connectivity index (χ0v) is 22.2. The van der Waals surface area contributed by atoms with Crippen LogP contribution in [-0.4, -0.2) is 0 Å². The van der Waals surface area contributed by atoms with Gasteiger partial charge in [0, 0.05) is 18.2 Å². The van der Waals surface area contributed by atoms with Crippen LogP contribution >= 0.6 is 77.4 Å². The molecule has 0 unspecified atom stereocenters. The normalized spacial score (nSPS) is 11.4. The van der Waals surface area contributed by atoms with Crippen LogP contribution in [0.3, 0.4) is 0 Å². The molecule has 0 aliphatic carbocycles. The minimum absolute atomic E-state index is 0.119. The molecule has 11 heteroatoms. The first-order chi connectivity index (χ1) is 14.9. The van der Waals surface area contributed by atoms with Crippen LogP contribution in [0.4, 0.5) is 0 Å². The summed E-state index contributed by atoms with van der Waals surface area (Å²) in [5.41, 5.74) is 1.82. The summed E-state index contributed by atoms with van der Waals surface area (Å²) in [5, 5.41) is 1.67. The zero-order valence-electron chi connectivity index (χ0n) is 16.8. The minimum atomic E-state index is -4.35. The lowest BCUT2D eigenvalue weighted by molar-refractivity contribution is 0.298. The van der Waals surface area contributed by atoms with Crippen LogP contribution in [0.5, 0.6) is 17.2 Å². The van der Waals surface area contributed by atoms with E-state index in [4.69, 9.17) is 83.2 Å². The van der Waals surface area contributed by atoms with Crippen LogP contribution in [0.15, 0.2) is 36.4 Å². The zero-order chi connectivity index (χ0) is 23.8. The van der Waals surface area contributed by atoms with Gasteiger partial charge in [0.2, 0.25) is 0 Å². The number of hydrogen-bond acceptors (Lipinski definition) is 4. The van der Waals surface area contributed by atoms with Crippen molar-refractivity contribution in [3.8, 4) is 17.2 Å². The Bertz CT molecular complexity index is 1030. The summed E-state index contributed by atoms with van der Waals surface area (Å²) in [6.07, 6.45) is 0. The Hall–Kier alpha value is -0.970. The van der Waals surface area contributed by atoms with Crippen molar-refractivity contribution in [2.45, 2.75) is 20.8 Å². The van der Waals surface area contributed by atoms with E-state index in [0.717, 1.165) is 0 Å². The molecule has 0 saturated carbocycles. The third kappa shape index (κ3) is 5.93. The SMILES string of the molecule is Cc1cc(OP(=O)(Oc2cc(C)c(Cl)c(Cl)c2)Oc2cc(C)c(Cl)c(Cl)c2)cc(Cl)c1Cl. The van der Waals surface area contributed by atoms with Crippen LogP contribution in [0.1, 0.15) is 16.7 Å². The van der Waals surface area contributed by atoms with Crippen molar-refractivity contribution in [1.29, 1.82) is 0 Å². The number of aryl methyl sites for hydroxylation is 3. The average Bonchev–Trinajstić information content (AvgIpc) is 2.68. The number of halogens is 6. The Morgan fingerprint density at radius 3 is 1.00 bits per heavy atom. The van der Waals surface area contributed by atoms with E-state index >= 15 is 0 Å². The molecule has 0 fully saturated rings. The average molecular weight is 575 g/mol. The van der Waals surface area contributed by atoms with Gasteiger partial charge in [-0.05, 0) is 55.7 Å². The Balaban J connectivity index is 2.05. The van der Waals surface area contributed by atoms with E-state index in [1.165, 1.54) is 18.2 Å². The fraction of sp³-hybridized carbons (Fsp3) is 0.143. The Kier molecular flexibility index (Phi) is 8.10. The third-order valence-electron chi connectivity index (χ3n) is 4.20. The van der Waals surface area contributed by atoms with Gasteiger partial charge in [0.05, 0.1) is 30.1 Å². The molecule has 0 heterocycles. The lowest BCUT2D eigenvalue weighted by Gasteiger charge is -2.21. The molecule has 32 heavy (non-hydrogen) atoms. The molecule has 0 aliphatic heterocycles. The quantitative estimate of drug-likeness (QED) is 0.275. The predicted molar refractivity (Wildman–Crippen MR) is 133 cm³/mol. The highest BCUT2D eigenvalue weighted by Crippen LogP contribution is 2.52. The number of benzene rings is 3. The molecule has 0 saturated heterocycles. The van der Waals surface area contributed by atoms with Crippen LogP contribution in [0.25, 0.3) is 0 Å². The number of phosphoric acid groups is 1. The summed E-state index contributed by atoms with van der Waals surface area (Å²) in [6.45, 7) is 5.16. The molecule has 0 bridgehead atoms. The molecule has 170 valence electrons. The fourth-order valence-corrected chi connectivity index (χ4v) is 4.99. The van der Waals surface area contributed by atoms with E-state index in [0.29, 0.717) is 31.8 Å². The van der Waals surface area contributed by atoms with Crippen LogP contribution in [0, 0.1) is 20.8 Å². The smallest absolute Gasteiger partial charge is 0.386 e. The maximum absolute atomic E-state index is 13.7. The Labute approximate surface area is 215 Å². The second-order valence-electron chi connectivity index (χ2n) is 6.83. The van der Waals surface area contributed by atoms with Crippen LogP contribution < -0.4 is 13.6 Å². The van der Waals surface area contributed by atoms with E-state index in [-0.39, 0.29) is 32.3 Å². The van der Waals surface area contributed by atoms with Crippen molar-refractivity contribution < 1.29 is 18.1 Å². The second-order valence-corrected chi connectivity index (χ2v) is 10.6. The van der Waals surface area contributed by atoms with Gasteiger partial charge in [0.1, 0.15) is 17.2 Å².